The summed E-state index contributed by atoms with van der Waals surface area (Å²) >= 11 is 0. The predicted molar refractivity (Wildman–Crippen MR) is 139 cm³/mol. The number of nitrogens with zero attached hydrogens (tertiary/aromatic N) is 1. The molecule has 0 bridgehead atoms. The summed E-state index contributed by atoms with van der Waals surface area (Å²) in [6.45, 7) is 2.40. The highest BCUT2D eigenvalue weighted by molar-refractivity contribution is 6.00. The first kappa shape index (κ1) is 23.7. The van der Waals surface area contributed by atoms with Crippen molar-refractivity contribution in [1.29, 1.82) is 0 Å². The summed E-state index contributed by atoms with van der Waals surface area (Å²) in [5.74, 6) is 1.36. The molecule has 186 valence electrons. The third-order valence-corrected chi connectivity index (χ3v) is 6.90. The van der Waals surface area contributed by atoms with Crippen molar-refractivity contribution in [2.24, 2.45) is 0 Å². The highest BCUT2D eigenvalue weighted by Gasteiger charge is 2.36. The normalized spacial score (nSPS) is 18.8. The maximum absolute atomic E-state index is 13.6. The number of fused-ring (bicyclic) bond motifs is 2. The van der Waals surface area contributed by atoms with Crippen molar-refractivity contribution in [3.63, 3.8) is 0 Å². The largest absolute Gasteiger partial charge is 0.497 e. The Hall–Kier alpha value is -4.00. The predicted octanol–water partition coefficient (Wildman–Crippen LogP) is 5.92. The number of ether oxygens (including phenoxy) is 2. The molecule has 7 heteroatoms. The van der Waals surface area contributed by atoms with Crippen molar-refractivity contribution in [1.82, 2.24) is 4.90 Å². The van der Waals surface area contributed by atoms with Gasteiger partial charge in [-0.3, -0.25) is 4.79 Å². The lowest BCUT2D eigenvalue weighted by Crippen LogP contribution is -2.42. The molecule has 3 amide bonds. The molecule has 0 fully saturated rings. The smallest absolute Gasteiger partial charge is 0.323 e. The van der Waals surface area contributed by atoms with Gasteiger partial charge < -0.3 is 25.0 Å². The summed E-state index contributed by atoms with van der Waals surface area (Å²) in [7, 11) is 1.58. The van der Waals surface area contributed by atoms with E-state index in [-0.39, 0.29) is 18.0 Å². The van der Waals surface area contributed by atoms with Crippen LogP contribution in [0.2, 0.25) is 0 Å². The van der Waals surface area contributed by atoms with Crippen molar-refractivity contribution in [2.45, 2.75) is 51.3 Å². The van der Waals surface area contributed by atoms with Gasteiger partial charge >= 0.3 is 6.03 Å². The topological polar surface area (TPSA) is 79.9 Å². The molecule has 7 nitrogen and oxygen atoms in total. The fourth-order valence-electron chi connectivity index (χ4n) is 5.11. The first-order valence-electron chi connectivity index (χ1n) is 12.5. The minimum Gasteiger partial charge on any atom is -0.497 e. The molecule has 2 aliphatic rings. The van der Waals surface area contributed by atoms with Crippen LogP contribution in [0.1, 0.15) is 48.9 Å². The molecule has 0 radical (unpaired) electrons. The Morgan fingerprint density at radius 2 is 1.83 bits per heavy atom. The molecule has 1 heterocycles. The minimum absolute atomic E-state index is 0.0130. The Balaban J connectivity index is 1.39. The highest BCUT2D eigenvalue weighted by Crippen LogP contribution is 2.39. The molecule has 0 saturated heterocycles. The van der Waals surface area contributed by atoms with E-state index in [0.29, 0.717) is 35.8 Å². The van der Waals surface area contributed by atoms with Gasteiger partial charge in [0.2, 0.25) is 0 Å². The number of aryl methyl sites for hydroxylation is 1. The van der Waals surface area contributed by atoms with Crippen LogP contribution in [-0.2, 0) is 17.8 Å². The average molecular weight is 486 g/mol. The van der Waals surface area contributed by atoms with Gasteiger partial charge in [-0.25, -0.2) is 4.79 Å². The van der Waals surface area contributed by atoms with E-state index in [0.717, 1.165) is 24.8 Å². The van der Waals surface area contributed by atoms with Gasteiger partial charge in [-0.15, -0.1) is 0 Å². The van der Waals surface area contributed by atoms with Gasteiger partial charge in [-0.2, -0.15) is 0 Å². The zero-order valence-electron chi connectivity index (χ0n) is 20.6. The maximum atomic E-state index is 13.6. The van der Waals surface area contributed by atoms with E-state index >= 15 is 0 Å². The van der Waals surface area contributed by atoms with Crippen LogP contribution >= 0.6 is 0 Å². The quantitative estimate of drug-likeness (QED) is 0.470. The number of methoxy groups -OCH3 is 1. The molecular weight excluding hydrogens is 454 g/mol. The van der Waals surface area contributed by atoms with Crippen LogP contribution in [-0.4, -0.2) is 30.1 Å². The van der Waals surface area contributed by atoms with Crippen molar-refractivity contribution < 1.29 is 19.1 Å². The number of carbonyl (C=O) groups is 2. The number of urea groups is 1. The van der Waals surface area contributed by atoms with Crippen molar-refractivity contribution >= 4 is 23.3 Å². The molecule has 0 aromatic heterocycles. The lowest BCUT2D eigenvalue weighted by molar-refractivity contribution is -0.141. The van der Waals surface area contributed by atoms with Crippen LogP contribution in [0.4, 0.5) is 16.2 Å². The van der Waals surface area contributed by atoms with Crippen LogP contribution in [0.25, 0.3) is 0 Å². The highest BCUT2D eigenvalue weighted by atomic mass is 16.5. The number of hydrogen-bond donors (Lipinski definition) is 2. The van der Waals surface area contributed by atoms with Gasteiger partial charge in [0.15, 0.2) is 6.10 Å². The first-order valence-corrected chi connectivity index (χ1v) is 12.5. The van der Waals surface area contributed by atoms with E-state index in [1.807, 2.05) is 42.2 Å². The number of carbonyl (C=O) groups excluding carboxylic acids is 2. The van der Waals surface area contributed by atoms with E-state index in [1.165, 1.54) is 11.1 Å². The van der Waals surface area contributed by atoms with Crippen LogP contribution in [0, 0.1) is 0 Å². The van der Waals surface area contributed by atoms with E-state index in [2.05, 4.69) is 28.8 Å². The number of amides is 3. The monoisotopic (exact) mass is 485 g/mol. The van der Waals surface area contributed by atoms with Gasteiger partial charge in [0.25, 0.3) is 5.91 Å². The molecular formula is C29H31N3O4. The third-order valence-electron chi connectivity index (χ3n) is 6.90. The van der Waals surface area contributed by atoms with Gasteiger partial charge in [-0.05, 0) is 67.1 Å². The van der Waals surface area contributed by atoms with Crippen LogP contribution < -0.4 is 20.1 Å². The summed E-state index contributed by atoms with van der Waals surface area (Å²) in [6, 6.07) is 20.8. The summed E-state index contributed by atoms with van der Waals surface area (Å²) in [6.07, 6.45) is 3.06. The minimum atomic E-state index is -0.532. The van der Waals surface area contributed by atoms with Crippen LogP contribution in [0.15, 0.2) is 66.7 Å². The molecule has 0 saturated carbocycles. The Bertz CT molecular complexity index is 1270. The lowest BCUT2D eigenvalue weighted by atomic mass is 9.86. The average Bonchev–Trinajstić information content (AvgIpc) is 3.04. The SMILES string of the molecule is CC[C@@H]1Oc2ccc(NC(=O)Nc3cccc(OC)c3)cc2CN([C@@H]2CCCc3ccccc32)C1=O. The molecule has 2 atom stereocenters. The van der Waals surface area contributed by atoms with Gasteiger partial charge in [0, 0.05) is 23.0 Å². The summed E-state index contributed by atoms with van der Waals surface area (Å²) in [5, 5.41) is 5.72. The van der Waals surface area contributed by atoms with Gasteiger partial charge in [0.1, 0.15) is 11.5 Å². The Labute approximate surface area is 211 Å². The van der Waals surface area contributed by atoms with E-state index < -0.39 is 6.10 Å². The van der Waals surface area contributed by atoms with E-state index in [4.69, 9.17) is 9.47 Å². The Morgan fingerprint density at radius 1 is 1.03 bits per heavy atom. The van der Waals surface area contributed by atoms with Crippen molar-refractivity contribution in [3.8, 4) is 11.5 Å². The van der Waals surface area contributed by atoms with E-state index in [1.54, 1.807) is 25.3 Å². The zero-order chi connectivity index (χ0) is 25.1. The summed E-state index contributed by atoms with van der Waals surface area (Å²) in [5.41, 5.74) is 4.67. The second-order valence-corrected chi connectivity index (χ2v) is 9.22. The Kier molecular flexibility index (Phi) is 6.80. The Morgan fingerprint density at radius 3 is 2.64 bits per heavy atom. The van der Waals surface area contributed by atoms with Crippen LogP contribution in [0.5, 0.6) is 11.5 Å². The molecule has 1 aliphatic heterocycles. The molecule has 0 spiro atoms. The fraction of sp³-hybridized carbons (Fsp3) is 0.310. The van der Waals surface area contributed by atoms with Gasteiger partial charge in [0.05, 0.1) is 19.7 Å². The third kappa shape index (κ3) is 4.87. The molecule has 1 aliphatic carbocycles. The molecule has 36 heavy (non-hydrogen) atoms. The standard InChI is InChI=1S/C29H31N3O4/c1-3-26-28(33)32(25-13-6-9-19-8-4-5-12-24(19)25)18-20-16-22(14-15-27(20)36-26)31-29(34)30-21-10-7-11-23(17-21)35-2/h4-5,7-8,10-12,14-17,25-26H,3,6,9,13,18H2,1-2H3,(H2,30,31,34)/t25-,26+/m1/s1. The molecule has 3 aromatic rings. The number of nitrogens with one attached hydrogen (secondary N) is 2. The number of benzene rings is 3. The van der Waals surface area contributed by atoms with Gasteiger partial charge in [-0.1, -0.05) is 37.3 Å². The second kappa shape index (κ2) is 10.3. The summed E-state index contributed by atoms with van der Waals surface area (Å²) < 4.78 is 11.4. The molecule has 3 aromatic carbocycles. The maximum Gasteiger partial charge on any atom is 0.323 e. The number of hydrogen-bond acceptors (Lipinski definition) is 4. The first-order chi connectivity index (χ1) is 17.6. The molecule has 2 N–H and O–H groups in total. The zero-order valence-corrected chi connectivity index (χ0v) is 20.6. The number of anilines is 2. The number of rotatable bonds is 5. The van der Waals surface area contributed by atoms with Crippen molar-refractivity contribution in [3.05, 3.63) is 83.4 Å². The van der Waals surface area contributed by atoms with E-state index in [9.17, 15) is 9.59 Å². The molecule has 0 unspecified atom stereocenters. The lowest BCUT2D eigenvalue weighted by Gasteiger charge is -2.36. The van der Waals surface area contributed by atoms with Crippen molar-refractivity contribution in [2.75, 3.05) is 17.7 Å². The second-order valence-electron chi connectivity index (χ2n) is 9.22. The fourth-order valence-corrected chi connectivity index (χ4v) is 5.11. The summed E-state index contributed by atoms with van der Waals surface area (Å²) in [4.78, 5) is 28.2. The van der Waals surface area contributed by atoms with Crippen LogP contribution in [0.3, 0.4) is 0 Å². The molecule has 5 rings (SSSR count).